The first-order chi connectivity index (χ1) is 26.2. The largest absolute Gasteiger partial charge is 0.494 e. The molecular weight excluding hydrogens is 661 g/mol. The summed E-state index contributed by atoms with van der Waals surface area (Å²) in [4.78, 5) is 2.42. The maximum Gasteiger partial charge on any atom is 0.494 e. The van der Waals surface area contributed by atoms with Crippen LogP contribution in [0.3, 0.4) is 0 Å². The van der Waals surface area contributed by atoms with E-state index in [1.54, 1.807) is 0 Å². The lowest BCUT2D eigenvalue weighted by molar-refractivity contribution is 0.00578. The quantitative estimate of drug-likeness (QED) is 0.171. The minimum atomic E-state index is -0.735. The minimum absolute atomic E-state index is 0.479. The summed E-state index contributed by atoms with van der Waals surface area (Å²) in [7, 11) is -0.529. The highest BCUT2D eigenvalue weighted by molar-refractivity contribution is 6.62. The molecule has 0 unspecified atom stereocenters. The van der Waals surface area contributed by atoms with Crippen LogP contribution in [0.2, 0.25) is 0 Å². The molecule has 1 spiro atoms. The van der Waals surface area contributed by atoms with Crippen LogP contribution in [0.4, 0.5) is 17.1 Å². The Morgan fingerprint density at radius 2 is 0.889 bits per heavy atom. The number of hydrogen-bond donors (Lipinski definition) is 0. The Balaban J connectivity index is 1.29. The van der Waals surface area contributed by atoms with Gasteiger partial charge in [-0.05, 0) is 109 Å². The zero-order valence-electron chi connectivity index (χ0n) is 30.9. The summed E-state index contributed by atoms with van der Waals surface area (Å²) in [6.07, 6.45) is 0. The fraction of sp³-hybridized carbons (Fsp3) is 0.143. The first-order valence-corrected chi connectivity index (χ1v) is 18.8. The van der Waals surface area contributed by atoms with E-state index in [2.05, 4.69) is 202 Å². The standard InChI is InChI=1S/C49H40BNO3/c1-47(2)48(3,4)54-50(53-47)37-26-30-44-42(32-37)49(39-19-11-13-21-45(39)52-46-22-14-12-20-40(46)49)41-31-36(34-17-9-6-10-18-34)25-29-43(41)51(44)38-27-23-35(24-28-38)33-15-7-5-8-16-33/h5-32H,1-4H3. The van der Waals surface area contributed by atoms with E-state index in [0.29, 0.717) is 0 Å². The molecule has 1 saturated heterocycles. The van der Waals surface area contributed by atoms with Crippen molar-refractivity contribution in [2.24, 2.45) is 0 Å². The smallest absolute Gasteiger partial charge is 0.457 e. The van der Waals surface area contributed by atoms with Gasteiger partial charge in [0.1, 0.15) is 11.5 Å². The molecule has 0 N–H and O–H groups in total. The van der Waals surface area contributed by atoms with Crippen LogP contribution < -0.4 is 15.1 Å². The fourth-order valence-corrected chi connectivity index (χ4v) is 8.58. The molecule has 0 atom stereocenters. The lowest BCUT2D eigenvalue weighted by atomic mass is 9.59. The van der Waals surface area contributed by atoms with E-state index in [4.69, 9.17) is 14.0 Å². The number of para-hydroxylation sites is 2. The second kappa shape index (κ2) is 12.1. The molecular formula is C49H40BNO3. The number of hydrogen-bond acceptors (Lipinski definition) is 4. The second-order valence-electron chi connectivity index (χ2n) is 15.6. The number of anilines is 3. The molecule has 7 aromatic rings. The van der Waals surface area contributed by atoms with Gasteiger partial charge in [0.05, 0.1) is 28.0 Å². The highest BCUT2D eigenvalue weighted by atomic mass is 16.7. The van der Waals surface area contributed by atoms with Gasteiger partial charge < -0.3 is 18.9 Å². The van der Waals surface area contributed by atoms with Gasteiger partial charge in [0.2, 0.25) is 0 Å². The van der Waals surface area contributed by atoms with Crippen LogP contribution in [-0.4, -0.2) is 18.3 Å². The van der Waals surface area contributed by atoms with Crippen molar-refractivity contribution in [2.45, 2.75) is 44.3 Å². The average molecular weight is 702 g/mol. The average Bonchev–Trinajstić information content (AvgIpc) is 3.44. The molecule has 1 fully saturated rings. The first kappa shape index (κ1) is 32.8. The van der Waals surface area contributed by atoms with Crippen LogP contribution in [0.25, 0.3) is 22.3 Å². The van der Waals surface area contributed by atoms with Crippen LogP contribution in [0.1, 0.15) is 49.9 Å². The van der Waals surface area contributed by atoms with Crippen molar-refractivity contribution < 1.29 is 14.0 Å². The third kappa shape index (κ3) is 4.85. The Kier molecular flexibility index (Phi) is 7.32. The lowest BCUT2D eigenvalue weighted by Gasteiger charge is -2.49. The monoisotopic (exact) mass is 701 g/mol. The summed E-state index contributed by atoms with van der Waals surface area (Å²) in [5.74, 6) is 1.69. The van der Waals surface area contributed by atoms with Crippen LogP contribution in [0, 0.1) is 0 Å². The van der Waals surface area contributed by atoms with Crippen molar-refractivity contribution in [1.82, 2.24) is 0 Å². The molecule has 4 nitrogen and oxygen atoms in total. The van der Waals surface area contributed by atoms with Crippen LogP contribution in [-0.2, 0) is 14.7 Å². The Labute approximate surface area is 317 Å². The number of benzene rings is 7. The molecule has 0 bridgehead atoms. The topological polar surface area (TPSA) is 30.9 Å². The fourth-order valence-electron chi connectivity index (χ4n) is 8.58. The maximum atomic E-state index is 6.74. The first-order valence-electron chi connectivity index (χ1n) is 18.8. The predicted octanol–water partition coefficient (Wildman–Crippen LogP) is 11.6. The summed E-state index contributed by atoms with van der Waals surface area (Å²) in [5.41, 5.74) is 11.8. The zero-order valence-corrected chi connectivity index (χ0v) is 30.9. The van der Waals surface area contributed by atoms with Gasteiger partial charge in [0.15, 0.2) is 0 Å². The van der Waals surface area contributed by atoms with E-state index in [1.807, 2.05) is 0 Å². The van der Waals surface area contributed by atoms with Crippen LogP contribution in [0.5, 0.6) is 11.5 Å². The molecule has 0 radical (unpaired) electrons. The maximum absolute atomic E-state index is 6.74. The summed E-state index contributed by atoms with van der Waals surface area (Å²) >= 11 is 0. The normalized spacial score (nSPS) is 16.9. The van der Waals surface area contributed by atoms with Crippen LogP contribution in [0.15, 0.2) is 170 Å². The summed E-state index contributed by atoms with van der Waals surface area (Å²) in [5, 5.41) is 0. The highest BCUT2D eigenvalue weighted by Gasteiger charge is 2.54. The minimum Gasteiger partial charge on any atom is -0.457 e. The van der Waals surface area contributed by atoms with Gasteiger partial charge in [0.25, 0.3) is 0 Å². The number of rotatable bonds is 4. The third-order valence-corrected chi connectivity index (χ3v) is 12.0. The summed E-state index contributed by atoms with van der Waals surface area (Å²) < 4.78 is 20.2. The van der Waals surface area contributed by atoms with Crippen LogP contribution >= 0.6 is 0 Å². The Morgan fingerprint density at radius 1 is 0.426 bits per heavy atom. The molecule has 0 amide bonds. The van der Waals surface area contributed by atoms with Gasteiger partial charge in [-0.2, -0.15) is 0 Å². The van der Waals surface area contributed by atoms with Crippen molar-refractivity contribution in [3.63, 3.8) is 0 Å². The van der Waals surface area contributed by atoms with Crippen molar-refractivity contribution in [2.75, 3.05) is 4.90 Å². The van der Waals surface area contributed by atoms with Crippen molar-refractivity contribution >= 4 is 29.6 Å². The zero-order chi connectivity index (χ0) is 36.7. The molecule has 0 aromatic heterocycles. The number of fused-ring (bicyclic) bond motifs is 8. The second-order valence-corrected chi connectivity index (χ2v) is 15.6. The Morgan fingerprint density at radius 3 is 1.48 bits per heavy atom. The van der Waals surface area contributed by atoms with E-state index in [-0.39, 0.29) is 0 Å². The molecule has 3 heterocycles. The molecule has 0 saturated carbocycles. The Bertz CT molecular complexity index is 2480. The Hall–Kier alpha value is -5.88. The molecule has 54 heavy (non-hydrogen) atoms. The molecule has 10 rings (SSSR count). The predicted molar refractivity (Wildman–Crippen MR) is 220 cm³/mol. The highest BCUT2D eigenvalue weighted by Crippen LogP contribution is 2.63. The third-order valence-electron chi connectivity index (χ3n) is 12.0. The van der Waals surface area contributed by atoms with Gasteiger partial charge in [-0.25, -0.2) is 0 Å². The molecule has 3 aliphatic heterocycles. The molecule has 7 aromatic carbocycles. The van der Waals surface area contributed by atoms with Gasteiger partial charge in [0, 0.05) is 16.8 Å². The van der Waals surface area contributed by atoms with Crippen molar-refractivity contribution in [3.8, 4) is 33.8 Å². The van der Waals surface area contributed by atoms with E-state index < -0.39 is 23.7 Å². The van der Waals surface area contributed by atoms with Gasteiger partial charge in [-0.3, -0.25) is 0 Å². The van der Waals surface area contributed by atoms with Crippen molar-refractivity contribution in [3.05, 3.63) is 192 Å². The molecule has 0 aliphatic carbocycles. The molecule has 5 heteroatoms. The van der Waals surface area contributed by atoms with Gasteiger partial charge in [-0.1, -0.05) is 127 Å². The summed E-state index contributed by atoms with van der Waals surface area (Å²) in [6.45, 7) is 8.44. The summed E-state index contributed by atoms with van der Waals surface area (Å²) in [6, 6.07) is 60.9. The molecule has 262 valence electrons. The number of nitrogens with zero attached hydrogens (tertiary/aromatic N) is 1. The van der Waals surface area contributed by atoms with E-state index in [0.717, 1.165) is 56.3 Å². The van der Waals surface area contributed by atoms with Gasteiger partial charge in [-0.15, -0.1) is 0 Å². The van der Waals surface area contributed by atoms with E-state index in [1.165, 1.54) is 22.3 Å². The SMILES string of the molecule is CC1(C)OB(c2ccc3c(c2)C2(c4ccccc4Oc4ccccc42)c2cc(-c4ccccc4)ccc2N3c2ccc(-c3ccccc3)cc2)OC1(C)C. The van der Waals surface area contributed by atoms with Gasteiger partial charge >= 0.3 is 7.12 Å². The van der Waals surface area contributed by atoms with E-state index >= 15 is 0 Å². The van der Waals surface area contributed by atoms with E-state index in [9.17, 15) is 0 Å². The lowest BCUT2D eigenvalue weighted by Crippen LogP contribution is -2.42. The molecule has 3 aliphatic rings. The van der Waals surface area contributed by atoms with Crippen molar-refractivity contribution in [1.29, 1.82) is 0 Å². The number of ether oxygens (including phenoxy) is 1.